The van der Waals surface area contributed by atoms with Crippen LogP contribution in [0.5, 0.6) is 5.75 Å². The van der Waals surface area contributed by atoms with Crippen LogP contribution >= 0.6 is 0 Å². The second-order valence-electron chi connectivity index (χ2n) is 10.1. The van der Waals surface area contributed by atoms with Crippen molar-refractivity contribution in [3.05, 3.63) is 101 Å². The van der Waals surface area contributed by atoms with Gasteiger partial charge in [-0.1, -0.05) is 24.3 Å². The number of hydrogen-bond donors (Lipinski definition) is 4. The maximum Gasteiger partial charge on any atom is 0.329 e. The molecular formula is C32H33F3N6O4. The summed E-state index contributed by atoms with van der Waals surface area (Å²) < 4.78 is 49.2. The van der Waals surface area contributed by atoms with E-state index < -0.39 is 47.2 Å². The highest BCUT2D eigenvalue weighted by atomic mass is 19.1. The van der Waals surface area contributed by atoms with Gasteiger partial charge < -0.3 is 30.6 Å². The Morgan fingerprint density at radius 3 is 2.18 bits per heavy atom. The Bertz CT molecular complexity index is 1670. The highest BCUT2D eigenvalue weighted by molar-refractivity contribution is 6.21. The molecule has 4 aromatic rings. The molecule has 3 aromatic carbocycles. The number of methoxy groups -OCH3 is 1. The number of aromatic amines is 1. The van der Waals surface area contributed by atoms with Gasteiger partial charge in [0.05, 0.1) is 19.3 Å². The van der Waals surface area contributed by atoms with Crippen molar-refractivity contribution in [1.29, 1.82) is 0 Å². The average molecular weight is 623 g/mol. The minimum absolute atomic E-state index is 0.0160. The van der Waals surface area contributed by atoms with Crippen molar-refractivity contribution >= 4 is 29.3 Å². The zero-order valence-corrected chi connectivity index (χ0v) is 25.1. The number of carbonyl (C=O) groups excluding carboxylic acids is 3. The molecule has 0 unspecified atom stereocenters. The van der Waals surface area contributed by atoms with E-state index in [0.29, 0.717) is 33.8 Å². The van der Waals surface area contributed by atoms with Gasteiger partial charge in [-0.25, -0.2) is 27.7 Å². The molecule has 10 nitrogen and oxygen atoms in total. The van der Waals surface area contributed by atoms with Crippen molar-refractivity contribution < 1.29 is 32.3 Å². The van der Waals surface area contributed by atoms with E-state index >= 15 is 4.39 Å². The zero-order valence-electron chi connectivity index (χ0n) is 25.1. The minimum atomic E-state index is -1.12. The molecule has 1 heterocycles. The molecule has 0 atom stereocenters. The molecule has 45 heavy (non-hydrogen) atoms. The van der Waals surface area contributed by atoms with Crippen molar-refractivity contribution in [2.75, 3.05) is 38.0 Å². The van der Waals surface area contributed by atoms with Crippen LogP contribution in [0, 0.1) is 17.5 Å². The summed E-state index contributed by atoms with van der Waals surface area (Å²) in [6.07, 6.45) is 1.59. The number of ether oxygens (including phenoxy) is 1. The summed E-state index contributed by atoms with van der Waals surface area (Å²) >= 11 is 0. The largest absolute Gasteiger partial charge is 0.494 e. The number of nitrogens with zero attached hydrogens (tertiary/aromatic N) is 2. The Hall–Kier alpha value is -5.30. The Balaban J connectivity index is 1.74. The van der Waals surface area contributed by atoms with Crippen molar-refractivity contribution in [3.8, 4) is 16.9 Å². The van der Waals surface area contributed by atoms with Gasteiger partial charge in [0.1, 0.15) is 17.3 Å². The number of hydrogen-bond acceptors (Lipinski definition) is 5. The predicted molar refractivity (Wildman–Crippen MR) is 165 cm³/mol. The molecule has 236 valence electrons. The van der Waals surface area contributed by atoms with E-state index in [1.807, 2.05) is 4.90 Å². The lowest BCUT2D eigenvalue weighted by atomic mass is 10.0. The second kappa shape index (κ2) is 14.4. The number of H-pyrrole nitrogens is 1. The summed E-state index contributed by atoms with van der Waals surface area (Å²) in [6, 6.07) is 12.6. The van der Waals surface area contributed by atoms with Crippen LogP contribution < -0.4 is 25.6 Å². The number of carbonyl (C=O) groups is 3. The lowest BCUT2D eigenvalue weighted by Gasteiger charge is -2.23. The zero-order chi connectivity index (χ0) is 32.7. The van der Waals surface area contributed by atoms with E-state index in [2.05, 4.69) is 20.9 Å². The third-order valence-corrected chi connectivity index (χ3v) is 6.76. The first-order valence-corrected chi connectivity index (χ1v) is 13.9. The van der Waals surface area contributed by atoms with Crippen LogP contribution in [0.4, 0.5) is 34.1 Å². The van der Waals surface area contributed by atoms with Crippen LogP contribution in [0.2, 0.25) is 0 Å². The molecule has 0 saturated heterocycles. The second-order valence-corrected chi connectivity index (χ2v) is 10.1. The van der Waals surface area contributed by atoms with Gasteiger partial charge in [0.25, 0.3) is 5.91 Å². The lowest BCUT2D eigenvalue weighted by molar-refractivity contribution is 0.0987. The van der Waals surface area contributed by atoms with Crippen LogP contribution in [0.25, 0.3) is 11.1 Å². The summed E-state index contributed by atoms with van der Waals surface area (Å²) in [5.41, 5.74) is 1.49. The van der Waals surface area contributed by atoms with Crippen LogP contribution in [-0.2, 0) is 13.1 Å². The van der Waals surface area contributed by atoms with Gasteiger partial charge in [0.15, 0.2) is 11.6 Å². The Morgan fingerprint density at radius 1 is 0.889 bits per heavy atom. The first-order chi connectivity index (χ1) is 21.5. The van der Waals surface area contributed by atoms with Gasteiger partial charge in [-0.05, 0) is 63.0 Å². The SMILES string of the molecule is CCNC(=O)Nc1ccc(-c2c[nH]c(C(=O)N(C(=O)NCc3c(F)cccc3F)c3cccc(OC)c3F)c2CN(C)C)cc1. The average Bonchev–Trinajstić information content (AvgIpc) is 3.41. The molecule has 0 aliphatic heterocycles. The normalized spacial score (nSPS) is 10.8. The number of amides is 5. The van der Waals surface area contributed by atoms with Crippen LogP contribution in [0.15, 0.2) is 66.9 Å². The molecule has 0 fully saturated rings. The molecular weight excluding hydrogens is 589 g/mol. The third kappa shape index (κ3) is 7.44. The first kappa shape index (κ1) is 32.6. The molecule has 0 bridgehead atoms. The fourth-order valence-electron chi connectivity index (χ4n) is 4.65. The quantitative estimate of drug-likeness (QED) is 0.177. The molecule has 1 aromatic heterocycles. The number of rotatable bonds is 10. The van der Waals surface area contributed by atoms with Gasteiger partial charge in [0, 0.05) is 41.7 Å². The molecule has 4 rings (SSSR count). The van der Waals surface area contributed by atoms with E-state index in [9.17, 15) is 23.2 Å². The third-order valence-electron chi connectivity index (χ3n) is 6.76. The summed E-state index contributed by atoms with van der Waals surface area (Å²) in [5, 5.41) is 7.71. The monoisotopic (exact) mass is 622 g/mol. The number of halogens is 3. The minimum Gasteiger partial charge on any atom is -0.494 e. The van der Waals surface area contributed by atoms with E-state index in [1.54, 1.807) is 51.5 Å². The number of imide groups is 1. The van der Waals surface area contributed by atoms with Gasteiger partial charge in [0.2, 0.25) is 0 Å². The Morgan fingerprint density at radius 2 is 1.56 bits per heavy atom. The Labute approximate surface area is 258 Å². The molecule has 0 aliphatic carbocycles. The molecule has 0 spiro atoms. The van der Waals surface area contributed by atoms with Crippen molar-refractivity contribution in [2.45, 2.75) is 20.0 Å². The summed E-state index contributed by atoms with van der Waals surface area (Å²) in [5.74, 6) is -3.92. The number of benzene rings is 3. The molecule has 5 amide bonds. The van der Waals surface area contributed by atoms with E-state index in [1.165, 1.54) is 31.4 Å². The first-order valence-electron chi connectivity index (χ1n) is 13.9. The van der Waals surface area contributed by atoms with Gasteiger partial charge in [-0.15, -0.1) is 0 Å². The van der Waals surface area contributed by atoms with Crippen molar-refractivity contribution in [2.24, 2.45) is 0 Å². The maximum atomic E-state index is 15.5. The molecule has 13 heteroatoms. The summed E-state index contributed by atoms with van der Waals surface area (Å²) in [4.78, 5) is 44.9. The van der Waals surface area contributed by atoms with Crippen LogP contribution in [-0.4, -0.2) is 55.6 Å². The smallest absolute Gasteiger partial charge is 0.329 e. The van der Waals surface area contributed by atoms with Crippen molar-refractivity contribution in [3.63, 3.8) is 0 Å². The number of aromatic nitrogens is 1. The number of nitrogens with one attached hydrogen (secondary N) is 4. The fraction of sp³-hybridized carbons (Fsp3) is 0.219. The van der Waals surface area contributed by atoms with E-state index in [0.717, 1.165) is 12.1 Å². The molecule has 0 radical (unpaired) electrons. The van der Waals surface area contributed by atoms with E-state index in [4.69, 9.17) is 4.74 Å². The van der Waals surface area contributed by atoms with Gasteiger partial charge in [-0.2, -0.15) is 0 Å². The summed E-state index contributed by atoms with van der Waals surface area (Å²) in [7, 11) is 4.82. The summed E-state index contributed by atoms with van der Waals surface area (Å²) in [6.45, 7) is 1.90. The van der Waals surface area contributed by atoms with E-state index in [-0.39, 0.29) is 24.0 Å². The van der Waals surface area contributed by atoms with Crippen LogP contribution in [0.1, 0.15) is 28.5 Å². The van der Waals surface area contributed by atoms with Crippen LogP contribution in [0.3, 0.4) is 0 Å². The van der Waals surface area contributed by atoms with Gasteiger partial charge in [-0.3, -0.25) is 4.79 Å². The Kier molecular flexibility index (Phi) is 10.5. The fourth-order valence-corrected chi connectivity index (χ4v) is 4.65. The molecule has 4 N–H and O–H groups in total. The lowest BCUT2D eigenvalue weighted by Crippen LogP contribution is -2.45. The van der Waals surface area contributed by atoms with Crippen molar-refractivity contribution in [1.82, 2.24) is 20.5 Å². The topological polar surface area (TPSA) is 119 Å². The maximum absolute atomic E-state index is 15.5. The number of anilines is 2. The molecule has 0 saturated carbocycles. The standard InChI is InChI=1S/C32H33F3N6O4/c1-5-36-31(43)39-20-14-12-19(13-15-20)21-16-37-29(23(21)18-40(2)3)30(42)41(26-10-7-11-27(45-4)28(26)35)32(44)38-17-22-24(33)8-6-9-25(22)34/h6-16,37H,5,17-18H2,1-4H3,(H,38,44)(H2,36,39,43). The number of urea groups is 2. The predicted octanol–water partition coefficient (Wildman–Crippen LogP) is 5.87. The molecule has 0 aliphatic rings. The highest BCUT2D eigenvalue weighted by Crippen LogP contribution is 2.33. The van der Waals surface area contributed by atoms with Gasteiger partial charge >= 0.3 is 12.1 Å². The highest BCUT2D eigenvalue weighted by Gasteiger charge is 2.32.